The van der Waals surface area contributed by atoms with Crippen LogP contribution in [0, 0.1) is 3.57 Å². The van der Waals surface area contributed by atoms with Crippen molar-refractivity contribution in [2.75, 3.05) is 31.2 Å². The normalized spacial score (nSPS) is 15.6. The van der Waals surface area contributed by atoms with Crippen molar-refractivity contribution in [2.24, 2.45) is 0 Å². The number of halogens is 1. The molecule has 1 aliphatic heterocycles. The Kier molecular flexibility index (Phi) is 4.42. The first-order valence-corrected chi connectivity index (χ1v) is 10.4. The fourth-order valence-electron chi connectivity index (χ4n) is 2.92. The van der Waals surface area contributed by atoms with Crippen LogP contribution in [-0.4, -0.2) is 43.7 Å². The Hall–Kier alpha value is -1.65. The van der Waals surface area contributed by atoms with Gasteiger partial charge in [0.2, 0.25) is 0 Å². The molecule has 3 heterocycles. The maximum atomic E-state index is 12.9. The van der Waals surface area contributed by atoms with Gasteiger partial charge in [-0.05, 0) is 40.8 Å². The van der Waals surface area contributed by atoms with E-state index in [0.29, 0.717) is 18.9 Å². The number of benzene rings is 1. The molecular formula is C17H16IN3O3S. The highest BCUT2D eigenvalue weighted by molar-refractivity contribution is 14.1. The molecule has 1 saturated heterocycles. The first-order valence-electron chi connectivity index (χ1n) is 7.87. The van der Waals surface area contributed by atoms with Crippen LogP contribution in [-0.2, 0) is 14.8 Å². The molecular weight excluding hydrogens is 453 g/mol. The van der Waals surface area contributed by atoms with E-state index >= 15 is 0 Å². The number of morpholine rings is 1. The van der Waals surface area contributed by atoms with Gasteiger partial charge in [0, 0.05) is 28.2 Å². The molecule has 0 saturated carbocycles. The van der Waals surface area contributed by atoms with E-state index in [2.05, 4.69) is 32.5 Å². The van der Waals surface area contributed by atoms with Crippen LogP contribution in [0.5, 0.6) is 0 Å². The van der Waals surface area contributed by atoms with E-state index in [4.69, 9.17) is 4.74 Å². The van der Waals surface area contributed by atoms with Gasteiger partial charge in [-0.15, -0.1) is 0 Å². The Bertz CT molecular complexity index is 1010. The van der Waals surface area contributed by atoms with Crippen molar-refractivity contribution >= 4 is 49.3 Å². The lowest BCUT2D eigenvalue weighted by Gasteiger charge is -2.28. The van der Waals surface area contributed by atoms with Crippen molar-refractivity contribution in [3.63, 3.8) is 0 Å². The van der Waals surface area contributed by atoms with Crippen molar-refractivity contribution in [3.05, 3.63) is 52.4 Å². The number of nitrogens with zero attached hydrogens (tertiary/aromatic N) is 3. The zero-order valence-electron chi connectivity index (χ0n) is 13.3. The van der Waals surface area contributed by atoms with Crippen LogP contribution in [0.25, 0.3) is 11.0 Å². The van der Waals surface area contributed by atoms with E-state index in [0.717, 1.165) is 27.7 Å². The van der Waals surface area contributed by atoms with Gasteiger partial charge in [-0.25, -0.2) is 17.4 Å². The topological polar surface area (TPSA) is 64.4 Å². The van der Waals surface area contributed by atoms with Gasteiger partial charge < -0.3 is 9.64 Å². The molecule has 8 heteroatoms. The highest BCUT2D eigenvalue weighted by Crippen LogP contribution is 2.29. The third kappa shape index (κ3) is 3.02. The lowest BCUT2D eigenvalue weighted by Crippen LogP contribution is -2.36. The van der Waals surface area contributed by atoms with Gasteiger partial charge in [-0.1, -0.05) is 18.2 Å². The Morgan fingerprint density at radius 3 is 2.56 bits per heavy atom. The second-order valence-corrected chi connectivity index (χ2v) is 8.73. The molecule has 130 valence electrons. The molecule has 0 atom stereocenters. The van der Waals surface area contributed by atoms with Gasteiger partial charge in [-0.3, -0.25) is 0 Å². The summed E-state index contributed by atoms with van der Waals surface area (Å²) in [7, 11) is -3.67. The van der Waals surface area contributed by atoms with Crippen molar-refractivity contribution in [1.29, 1.82) is 0 Å². The Morgan fingerprint density at radius 2 is 1.84 bits per heavy atom. The van der Waals surface area contributed by atoms with E-state index < -0.39 is 10.0 Å². The van der Waals surface area contributed by atoms with Crippen LogP contribution in [0.3, 0.4) is 0 Å². The third-order valence-electron chi connectivity index (χ3n) is 4.23. The standard InChI is InChI=1S/C17H16IN3O3S/c18-16-12-21(25(22,23)14-4-2-1-3-5-14)17-15(16)10-13(11-19-17)20-6-8-24-9-7-20/h1-5,10-12H,6-9H2. The molecule has 1 fully saturated rings. The average Bonchev–Trinajstić information content (AvgIpc) is 3.00. The fourth-order valence-corrected chi connectivity index (χ4v) is 5.13. The summed E-state index contributed by atoms with van der Waals surface area (Å²) in [6.07, 6.45) is 3.37. The number of hydrogen-bond donors (Lipinski definition) is 0. The Labute approximate surface area is 159 Å². The molecule has 0 N–H and O–H groups in total. The summed E-state index contributed by atoms with van der Waals surface area (Å²) in [5.74, 6) is 0. The minimum absolute atomic E-state index is 0.252. The zero-order valence-corrected chi connectivity index (χ0v) is 16.3. The highest BCUT2D eigenvalue weighted by Gasteiger charge is 2.22. The van der Waals surface area contributed by atoms with Gasteiger partial charge in [0.15, 0.2) is 5.65 Å². The largest absolute Gasteiger partial charge is 0.378 e. The smallest absolute Gasteiger partial charge is 0.269 e. The summed E-state index contributed by atoms with van der Waals surface area (Å²) >= 11 is 2.16. The van der Waals surface area contributed by atoms with Gasteiger partial charge in [0.05, 0.1) is 30.0 Å². The fraction of sp³-hybridized carbons (Fsp3) is 0.235. The molecule has 2 aromatic heterocycles. The third-order valence-corrected chi connectivity index (χ3v) is 6.75. The maximum Gasteiger partial charge on any atom is 0.269 e. The van der Waals surface area contributed by atoms with Crippen molar-refractivity contribution in [1.82, 2.24) is 8.96 Å². The number of fused-ring (bicyclic) bond motifs is 1. The lowest BCUT2D eigenvalue weighted by atomic mass is 10.3. The average molecular weight is 469 g/mol. The van der Waals surface area contributed by atoms with E-state index in [1.54, 1.807) is 42.7 Å². The number of hydrogen-bond acceptors (Lipinski definition) is 5. The molecule has 4 rings (SSSR count). The first-order chi connectivity index (χ1) is 12.1. The summed E-state index contributed by atoms with van der Waals surface area (Å²) < 4.78 is 33.4. The van der Waals surface area contributed by atoms with E-state index in [1.165, 1.54) is 3.97 Å². The van der Waals surface area contributed by atoms with E-state index in [1.807, 2.05) is 6.07 Å². The van der Waals surface area contributed by atoms with Crippen LogP contribution in [0.4, 0.5) is 5.69 Å². The summed E-state index contributed by atoms with van der Waals surface area (Å²) in [5.41, 5.74) is 1.44. The molecule has 0 unspecified atom stereocenters. The van der Waals surface area contributed by atoms with Gasteiger partial charge >= 0.3 is 0 Å². The summed E-state index contributed by atoms with van der Waals surface area (Å²) in [4.78, 5) is 6.92. The summed E-state index contributed by atoms with van der Waals surface area (Å²) in [5, 5.41) is 0.837. The molecule has 0 spiro atoms. The predicted molar refractivity (Wildman–Crippen MR) is 105 cm³/mol. The molecule has 3 aromatic rings. The number of aromatic nitrogens is 2. The van der Waals surface area contributed by atoms with Crippen LogP contribution in [0.1, 0.15) is 0 Å². The lowest BCUT2D eigenvalue weighted by molar-refractivity contribution is 0.122. The first kappa shape index (κ1) is 16.8. The second-order valence-electron chi connectivity index (χ2n) is 5.76. The molecule has 0 amide bonds. The number of rotatable bonds is 3. The predicted octanol–water partition coefficient (Wildman–Crippen LogP) is 2.71. The van der Waals surface area contributed by atoms with Crippen LogP contribution in [0.2, 0.25) is 0 Å². The molecule has 1 aromatic carbocycles. The maximum absolute atomic E-state index is 12.9. The molecule has 0 bridgehead atoms. The Morgan fingerprint density at radius 1 is 1.12 bits per heavy atom. The van der Waals surface area contributed by atoms with Crippen LogP contribution in [0.15, 0.2) is 53.7 Å². The van der Waals surface area contributed by atoms with Gasteiger partial charge in [0.25, 0.3) is 10.0 Å². The van der Waals surface area contributed by atoms with Crippen molar-refractivity contribution in [2.45, 2.75) is 4.90 Å². The zero-order chi connectivity index (χ0) is 17.4. The molecule has 25 heavy (non-hydrogen) atoms. The summed E-state index contributed by atoms with van der Waals surface area (Å²) in [6, 6.07) is 10.4. The monoisotopic (exact) mass is 469 g/mol. The second kappa shape index (κ2) is 6.58. The quantitative estimate of drug-likeness (QED) is 0.553. The van der Waals surface area contributed by atoms with Crippen molar-refractivity contribution in [3.8, 4) is 0 Å². The minimum atomic E-state index is -3.67. The minimum Gasteiger partial charge on any atom is -0.378 e. The molecule has 1 aliphatic rings. The number of anilines is 1. The summed E-state index contributed by atoms with van der Waals surface area (Å²) in [6.45, 7) is 3.01. The molecule has 6 nitrogen and oxygen atoms in total. The SMILES string of the molecule is O=S(=O)(c1ccccc1)n1cc(I)c2cc(N3CCOCC3)cnc21. The van der Waals surface area contributed by atoms with E-state index in [9.17, 15) is 8.42 Å². The highest BCUT2D eigenvalue weighted by atomic mass is 127. The molecule has 0 radical (unpaired) electrons. The van der Waals surface area contributed by atoms with E-state index in [-0.39, 0.29) is 4.90 Å². The molecule has 0 aliphatic carbocycles. The van der Waals surface area contributed by atoms with Crippen LogP contribution >= 0.6 is 22.6 Å². The van der Waals surface area contributed by atoms with Gasteiger partial charge in [-0.2, -0.15) is 0 Å². The van der Waals surface area contributed by atoms with Crippen LogP contribution < -0.4 is 4.90 Å². The van der Waals surface area contributed by atoms with Crippen molar-refractivity contribution < 1.29 is 13.2 Å². The van der Waals surface area contributed by atoms with Gasteiger partial charge in [0.1, 0.15) is 0 Å². The number of pyridine rings is 1. The number of ether oxygens (including phenoxy) is 1. The Balaban J connectivity index is 1.82.